The van der Waals surface area contributed by atoms with Crippen LogP contribution in [0.3, 0.4) is 0 Å². The first kappa shape index (κ1) is 11.0. The minimum atomic E-state index is -0.788. The quantitative estimate of drug-likeness (QED) is 0.753. The second-order valence-electron chi connectivity index (χ2n) is 2.71. The fourth-order valence-electron chi connectivity index (χ4n) is 1.03. The van der Waals surface area contributed by atoms with Gasteiger partial charge >= 0.3 is 0 Å². The smallest absolute Gasteiger partial charge is 0.150 e. The molecule has 0 amide bonds. The summed E-state index contributed by atoms with van der Waals surface area (Å²) in [5.41, 5.74) is -0.297. The summed E-state index contributed by atoms with van der Waals surface area (Å²) < 4.78 is 26.4. The molecule has 0 radical (unpaired) electrons. The van der Waals surface area contributed by atoms with Gasteiger partial charge in [-0.05, 0) is 19.1 Å². The average Bonchev–Trinajstić information content (AvgIpc) is 2.22. The van der Waals surface area contributed by atoms with Crippen molar-refractivity contribution in [3.8, 4) is 17.9 Å². The highest BCUT2D eigenvalue weighted by Crippen LogP contribution is 2.19. The van der Waals surface area contributed by atoms with Gasteiger partial charge in [-0.2, -0.15) is 5.26 Å². The molecule has 1 rings (SSSR count). The Morgan fingerprint density at radius 3 is 2.40 bits per heavy atom. The molecule has 76 valence electrons. The van der Waals surface area contributed by atoms with E-state index in [-0.39, 0.29) is 17.8 Å². The molecule has 0 aliphatic heterocycles. The first-order valence-electron chi connectivity index (χ1n) is 4.21. The minimum absolute atomic E-state index is 0.0443. The number of nitrogens with zero attached hydrogens (tertiary/aromatic N) is 1. The van der Waals surface area contributed by atoms with Crippen molar-refractivity contribution < 1.29 is 8.78 Å². The molecule has 0 saturated heterocycles. The minimum Gasteiger partial charge on any atom is -0.369 e. The molecule has 0 aliphatic rings. The number of rotatable bonds is 2. The zero-order valence-corrected chi connectivity index (χ0v) is 8.06. The third-order valence-corrected chi connectivity index (χ3v) is 1.70. The van der Waals surface area contributed by atoms with Crippen LogP contribution in [-0.4, -0.2) is 6.54 Å². The summed E-state index contributed by atoms with van der Waals surface area (Å²) in [4.78, 5) is 0. The van der Waals surface area contributed by atoms with E-state index < -0.39 is 11.6 Å². The maximum absolute atomic E-state index is 13.2. The largest absolute Gasteiger partial charge is 0.369 e. The molecule has 0 unspecified atom stereocenters. The molecule has 0 aliphatic carbocycles. The number of hydrogen-bond donors (Lipinski definition) is 1. The van der Waals surface area contributed by atoms with Crippen LogP contribution in [0.15, 0.2) is 12.1 Å². The van der Waals surface area contributed by atoms with Crippen molar-refractivity contribution in [2.45, 2.75) is 6.92 Å². The Balaban J connectivity index is 2.97. The first-order chi connectivity index (χ1) is 7.19. The van der Waals surface area contributed by atoms with Crippen molar-refractivity contribution in [1.29, 1.82) is 5.26 Å². The van der Waals surface area contributed by atoms with Crippen LogP contribution < -0.4 is 5.32 Å². The van der Waals surface area contributed by atoms with Crippen molar-refractivity contribution in [3.05, 3.63) is 29.3 Å². The van der Waals surface area contributed by atoms with Crippen LogP contribution in [0.5, 0.6) is 0 Å². The Kier molecular flexibility index (Phi) is 3.65. The fourth-order valence-corrected chi connectivity index (χ4v) is 1.03. The molecule has 1 aromatic rings. The standard InChI is InChI=1S/C11H8F2N2/c1-2-3-4-15-11-9(12)5-8(7-14)6-10(11)13/h5-6,15H,4H2,1H3. The van der Waals surface area contributed by atoms with Crippen molar-refractivity contribution in [2.75, 3.05) is 11.9 Å². The van der Waals surface area contributed by atoms with Gasteiger partial charge in [-0.1, -0.05) is 5.92 Å². The third-order valence-electron chi connectivity index (χ3n) is 1.70. The normalized spacial score (nSPS) is 8.67. The summed E-state index contributed by atoms with van der Waals surface area (Å²) >= 11 is 0. The van der Waals surface area contributed by atoms with E-state index in [4.69, 9.17) is 5.26 Å². The number of nitriles is 1. The lowest BCUT2D eigenvalue weighted by Crippen LogP contribution is -2.04. The molecule has 0 bridgehead atoms. The number of anilines is 1. The monoisotopic (exact) mass is 206 g/mol. The predicted octanol–water partition coefficient (Wildman–Crippen LogP) is 2.27. The highest BCUT2D eigenvalue weighted by atomic mass is 19.1. The lowest BCUT2D eigenvalue weighted by Gasteiger charge is -2.05. The first-order valence-corrected chi connectivity index (χ1v) is 4.21. The summed E-state index contributed by atoms with van der Waals surface area (Å²) in [5.74, 6) is 3.63. The number of benzene rings is 1. The van der Waals surface area contributed by atoms with Crippen LogP contribution >= 0.6 is 0 Å². The molecule has 15 heavy (non-hydrogen) atoms. The van der Waals surface area contributed by atoms with Gasteiger partial charge in [-0.15, -0.1) is 5.92 Å². The third kappa shape index (κ3) is 2.69. The van der Waals surface area contributed by atoms with E-state index in [2.05, 4.69) is 17.2 Å². The van der Waals surface area contributed by atoms with Crippen LogP contribution in [0, 0.1) is 34.8 Å². The second kappa shape index (κ2) is 4.97. The van der Waals surface area contributed by atoms with Gasteiger partial charge in [0.2, 0.25) is 0 Å². The van der Waals surface area contributed by atoms with Gasteiger partial charge in [-0.3, -0.25) is 0 Å². The summed E-state index contributed by atoms with van der Waals surface area (Å²) in [7, 11) is 0. The van der Waals surface area contributed by atoms with E-state index in [0.717, 1.165) is 12.1 Å². The van der Waals surface area contributed by atoms with Gasteiger partial charge in [0.1, 0.15) is 5.69 Å². The molecule has 0 fully saturated rings. The van der Waals surface area contributed by atoms with E-state index in [1.807, 2.05) is 0 Å². The van der Waals surface area contributed by atoms with E-state index in [9.17, 15) is 8.78 Å². The Bertz CT molecular complexity index is 441. The lowest BCUT2D eigenvalue weighted by molar-refractivity contribution is 0.588. The van der Waals surface area contributed by atoms with Crippen LogP contribution in [-0.2, 0) is 0 Å². The van der Waals surface area contributed by atoms with E-state index in [0.29, 0.717) is 0 Å². The van der Waals surface area contributed by atoms with E-state index in [1.54, 1.807) is 13.0 Å². The molecular weight excluding hydrogens is 198 g/mol. The SMILES string of the molecule is CC#CCNc1c(F)cc(C#N)cc1F. The number of halogens is 2. The molecule has 0 atom stereocenters. The molecular formula is C11H8F2N2. The molecule has 4 heteroatoms. The Morgan fingerprint density at radius 2 is 1.93 bits per heavy atom. The molecule has 2 nitrogen and oxygen atoms in total. The second-order valence-corrected chi connectivity index (χ2v) is 2.71. The molecule has 0 spiro atoms. The summed E-state index contributed by atoms with van der Waals surface area (Å²) in [6.07, 6.45) is 0. The number of nitrogens with one attached hydrogen (secondary N) is 1. The maximum atomic E-state index is 13.2. The van der Waals surface area contributed by atoms with Crippen molar-refractivity contribution in [1.82, 2.24) is 0 Å². The zero-order valence-electron chi connectivity index (χ0n) is 8.06. The van der Waals surface area contributed by atoms with Crippen molar-refractivity contribution >= 4 is 5.69 Å². The molecule has 1 aromatic carbocycles. The van der Waals surface area contributed by atoms with E-state index in [1.165, 1.54) is 0 Å². The molecule has 1 N–H and O–H groups in total. The topological polar surface area (TPSA) is 35.8 Å². The Labute approximate surface area is 86.5 Å². The lowest BCUT2D eigenvalue weighted by atomic mass is 10.2. The molecule has 0 aromatic heterocycles. The maximum Gasteiger partial charge on any atom is 0.150 e. The van der Waals surface area contributed by atoms with Crippen LogP contribution in [0.1, 0.15) is 12.5 Å². The summed E-state index contributed by atoms with van der Waals surface area (Å²) in [5, 5.41) is 11.0. The van der Waals surface area contributed by atoms with Gasteiger partial charge < -0.3 is 5.32 Å². The summed E-state index contributed by atoms with van der Waals surface area (Å²) in [6, 6.07) is 3.62. The van der Waals surface area contributed by atoms with Crippen LogP contribution in [0.25, 0.3) is 0 Å². The predicted molar refractivity (Wildman–Crippen MR) is 53.0 cm³/mol. The summed E-state index contributed by atoms with van der Waals surface area (Å²) in [6.45, 7) is 1.80. The van der Waals surface area contributed by atoms with Crippen molar-refractivity contribution in [3.63, 3.8) is 0 Å². The Morgan fingerprint density at radius 1 is 1.33 bits per heavy atom. The highest BCUT2D eigenvalue weighted by molar-refractivity contribution is 5.50. The fraction of sp³-hybridized carbons (Fsp3) is 0.182. The van der Waals surface area contributed by atoms with Gasteiger partial charge in [0.15, 0.2) is 11.6 Å². The highest BCUT2D eigenvalue weighted by Gasteiger charge is 2.09. The van der Waals surface area contributed by atoms with Crippen LogP contribution in [0.2, 0.25) is 0 Å². The zero-order chi connectivity index (χ0) is 11.3. The van der Waals surface area contributed by atoms with Gasteiger partial charge in [0.05, 0.1) is 18.2 Å². The van der Waals surface area contributed by atoms with Crippen molar-refractivity contribution in [2.24, 2.45) is 0 Å². The van der Waals surface area contributed by atoms with Crippen LogP contribution in [0.4, 0.5) is 14.5 Å². The average molecular weight is 206 g/mol. The molecule has 0 saturated carbocycles. The van der Waals surface area contributed by atoms with Gasteiger partial charge in [0.25, 0.3) is 0 Å². The van der Waals surface area contributed by atoms with Gasteiger partial charge in [0, 0.05) is 0 Å². The Hall–Kier alpha value is -2.07. The molecule has 0 heterocycles. The van der Waals surface area contributed by atoms with E-state index >= 15 is 0 Å². The number of hydrogen-bond acceptors (Lipinski definition) is 2. The van der Waals surface area contributed by atoms with Gasteiger partial charge in [-0.25, -0.2) is 8.78 Å².